The molecule has 0 radical (unpaired) electrons. The molecule has 2 heterocycles. The molecule has 0 aliphatic rings. The molecule has 4 rings (SSSR count). The molecular formula is C21H17N5O2. The summed E-state index contributed by atoms with van der Waals surface area (Å²) in [6.45, 7) is 0. The SMILES string of the molecule is NC(=O)Cc1ccc(NC(=O)c2cnn3c(-c4ccccc4)ccnc23)cc1. The Morgan fingerprint density at radius 3 is 2.46 bits per heavy atom. The van der Waals surface area contributed by atoms with Crippen molar-refractivity contribution in [1.82, 2.24) is 14.6 Å². The number of nitrogens with zero attached hydrogens (tertiary/aromatic N) is 3. The van der Waals surface area contributed by atoms with Crippen LogP contribution in [0.1, 0.15) is 15.9 Å². The first-order valence-electron chi connectivity index (χ1n) is 8.68. The molecule has 7 heteroatoms. The van der Waals surface area contributed by atoms with E-state index in [1.54, 1.807) is 35.0 Å². The van der Waals surface area contributed by atoms with Crippen molar-refractivity contribution < 1.29 is 9.59 Å². The monoisotopic (exact) mass is 371 g/mol. The average Bonchev–Trinajstić information content (AvgIpc) is 3.14. The van der Waals surface area contributed by atoms with Crippen LogP contribution in [0.25, 0.3) is 16.9 Å². The molecule has 7 nitrogen and oxygen atoms in total. The maximum absolute atomic E-state index is 12.7. The lowest BCUT2D eigenvalue weighted by Gasteiger charge is -2.06. The smallest absolute Gasteiger partial charge is 0.261 e. The highest BCUT2D eigenvalue weighted by atomic mass is 16.2. The molecule has 0 saturated carbocycles. The van der Waals surface area contributed by atoms with Gasteiger partial charge in [0.1, 0.15) is 5.56 Å². The topological polar surface area (TPSA) is 102 Å². The first kappa shape index (κ1) is 17.4. The number of hydrogen-bond acceptors (Lipinski definition) is 4. The Hall–Kier alpha value is -4.00. The summed E-state index contributed by atoms with van der Waals surface area (Å²) in [5.41, 5.74) is 9.26. The molecule has 2 aromatic heterocycles. The van der Waals surface area contributed by atoms with Crippen LogP contribution in [-0.4, -0.2) is 26.4 Å². The molecule has 0 saturated heterocycles. The minimum absolute atomic E-state index is 0.161. The summed E-state index contributed by atoms with van der Waals surface area (Å²) >= 11 is 0. The molecular weight excluding hydrogens is 354 g/mol. The molecule has 0 unspecified atom stereocenters. The Bertz CT molecular complexity index is 1150. The van der Waals surface area contributed by atoms with Gasteiger partial charge in [0, 0.05) is 17.4 Å². The lowest BCUT2D eigenvalue weighted by Crippen LogP contribution is -2.14. The summed E-state index contributed by atoms with van der Waals surface area (Å²) in [7, 11) is 0. The van der Waals surface area contributed by atoms with Gasteiger partial charge in [0.2, 0.25) is 5.91 Å². The summed E-state index contributed by atoms with van der Waals surface area (Å²) < 4.78 is 1.65. The van der Waals surface area contributed by atoms with Crippen molar-refractivity contribution in [3.05, 3.63) is 84.2 Å². The van der Waals surface area contributed by atoms with Gasteiger partial charge in [-0.05, 0) is 23.8 Å². The minimum Gasteiger partial charge on any atom is -0.369 e. The van der Waals surface area contributed by atoms with Gasteiger partial charge in [0.05, 0.1) is 18.3 Å². The van der Waals surface area contributed by atoms with Crippen molar-refractivity contribution in [3.63, 3.8) is 0 Å². The predicted octanol–water partition coefficient (Wildman–Crippen LogP) is 2.68. The van der Waals surface area contributed by atoms with Crippen LogP contribution in [0.4, 0.5) is 5.69 Å². The maximum atomic E-state index is 12.7. The highest BCUT2D eigenvalue weighted by Crippen LogP contribution is 2.21. The fourth-order valence-corrected chi connectivity index (χ4v) is 2.98. The molecule has 138 valence electrons. The normalized spacial score (nSPS) is 10.7. The number of amides is 2. The number of primary amides is 1. The second kappa shape index (κ2) is 7.32. The fraction of sp³-hybridized carbons (Fsp3) is 0.0476. The van der Waals surface area contributed by atoms with Crippen LogP contribution < -0.4 is 11.1 Å². The van der Waals surface area contributed by atoms with Gasteiger partial charge >= 0.3 is 0 Å². The Morgan fingerprint density at radius 2 is 1.75 bits per heavy atom. The van der Waals surface area contributed by atoms with E-state index in [1.165, 1.54) is 6.20 Å². The van der Waals surface area contributed by atoms with Gasteiger partial charge in [-0.25, -0.2) is 9.50 Å². The third-order valence-electron chi connectivity index (χ3n) is 4.31. The van der Waals surface area contributed by atoms with Crippen LogP contribution in [0.2, 0.25) is 0 Å². The van der Waals surface area contributed by atoms with Crippen LogP contribution in [0.15, 0.2) is 73.1 Å². The van der Waals surface area contributed by atoms with Crippen molar-refractivity contribution in [2.75, 3.05) is 5.32 Å². The maximum Gasteiger partial charge on any atom is 0.261 e. The molecule has 0 aliphatic heterocycles. The van der Waals surface area contributed by atoms with Crippen LogP contribution in [0, 0.1) is 0 Å². The zero-order chi connectivity index (χ0) is 19.5. The van der Waals surface area contributed by atoms with Crippen molar-refractivity contribution in [2.24, 2.45) is 5.73 Å². The van der Waals surface area contributed by atoms with Crippen molar-refractivity contribution in [2.45, 2.75) is 6.42 Å². The molecule has 2 amide bonds. The average molecular weight is 371 g/mol. The molecule has 4 aromatic rings. The largest absolute Gasteiger partial charge is 0.369 e. The van der Waals surface area contributed by atoms with E-state index in [2.05, 4.69) is 15.4 Å². The first-order chi connectivity index (χ1) is 13.6. The van der Waals surface area contributed by atoms with Crippen LogP contribution in [-0.2, 0) is 11.2 Å². The van der Waals surface area contributed by atoms with Gasteiger partial charge in [-0.15, -0.1) is 0 Å². The molecule has 3 N–H and O–H groups in total. The molecule has 0 bridgehead atoms. The number of nitrogens with one attached hydrogen (secondary N) is 1. The lowest BCUT2D eigenvalue weighted by atomic mass is 10.1. The second-order valence-corrected chi connectivity index (χ2v) is 6.28. The van der Waals surface area contributed by atoms with Crippen LogP contribution in [0.3, 0.4) is 0 Å². The summed E-state index contributed by atoms with van der Waals surface area (Å²) in [6.07, 6.45) is 3.33. The highest BCUT2D eigenvalue weighted by Gasteiger charge is 2.16. The molecule has 0 fully saturated rings. The van der Waals surface area contributed by atoms with Crippen molar-refractivity contribution in [1.29, 1.82) is 0 Å². The third kappa shape index (κ3) is 3.45. The second-order valence-electron chi connectivity index (χ2n) is 6.28. The third-order valence-corrected chi connectivity index (χ3v) is 4.31. The number of hydrogen-bond donors (Lipinski definition) is 2. The van der Waals surface area contributed by atoms with E-state index in [0.717, 1.165) is 16.8 Å². The molecule has 28 heavy (non-hydrogen) atoms. The van der Waals surface area contributed by atoms with Gasteiger partial charge in [-0.2, -0.15) is 5.10 Å². The molecule has 0 spiro atoms. The van der Waals surface area contributed by atoms with Gasteiger partial charge < -0.3 is 11.1 Å². The number of fused-ring (bicyclic) bond motifs is 1. The number of carbonyl (C=O) groups is 2. The van der Waals surface area contributed by atoms with E-state index in [9.17, 15) is 9.59 Å². The minimum atomic E-state index is -0.400. The quantitative estimate of drug-likeness (QED) is 0.563. The van der Waals surface area contributed by atoms with Gasteiger partial charge in [-0.1, -0.05) is 42.5 Å². The van der Waals surface area contributed by atoms with Gasteiger partial charge in [-0.3, -0.25) is 9.59 Å². The summed E-state index contributed by atoms with van der Waals surface area (Å²) in [4.78, 5) is 28.0. The van der Waals surface area contributed by atoms with E-state index in [-0.39, 0.29) is 12.3 Å². The van der Waals surface area contributed by atoms with Gasteiger partial charge in [0.15, 0.2) is 5.65 Å². The number of nitrogens with two attached hydrogens (primary N) is 1. The predicted molar refractivity (Wildman–Crippen MR) is 106 cm³/mol. The number of rotatable bonds is 5. The van der Waals surface area contributed by atoms with E-state index in [0.29, 0.717) is 16.9 Å². The molecule has 0 aliphatic carbocycles. The van der Waals surface area contributed by atoms with E-state index < -0.39 is 5.91 Å². The number of carbonyl (C=O) groups excluding carboxylic acids is 2. The number of anilines is 1. The Kier molecular flexibility index (Phi) is 4.55. The van der Waals surface area contributed by atoms with Gasteiger partial charge in [0.25, 0.3) is 5.91 Å². The Morgan fingerprint density at radius 1 is 1.00 bits per heavy atom. The van der Waals surface area contributed by atoms with E-state index >= 15 is 0 Å². The fourth-order valence-electron chi connectivity index (χ4n) is 2.98. The Balaban J connectivity index is 1.61. The number of aromatic nitrogens is 3. The van der Waals surface area contributed by atoms with Crippen molar-refractivity contribution in [3.8, 4) is 11.3 Å². The van der Waals surface area contributed by atoms with E-state index in [4.69, 9.17) is 5.73 Å². The zero-order valence-electron chi connectivity index (χ0n) is 14.9. The summed E-state index contributed by atoms with van der Waals surface area (Å²) in [5.74, 6) is -0.709. The highest BCUT2D eigenvalue weighted by molar-refractivity contribution is 6.08. The summed E-state index contributed by atoms with van der Waals surface area (Å²) in [5, 5.41) is 7.17. The lowest BCUT2D eigenvalue weighted by molar-refractivity contribution is -0.117. The standard InChI is InChI=1S/C21H17N5O2/c22-19(27)12-14-6-8-16(9-7-14)25-21(28)17-13-24-26-18(10-11-23-20(17)26)15-4-2-1-3-5-15/h1-11,13H,12H2,(H2,22,27)(H,25,28). The van der Waals surface area contributed by atoms with Crippen LogP contribution in [0.5, 0.6) is 0 Å². The first-order valence-corrected chi connectivity index (χ1v) is 8.68. The Labute approximate surface area is 160 Å². The van der Waals surface area contributed by atoms with Crippen molar-refractivity contribution >= 4 is 23.1 Å². The number of benzene rings is 2. The van der Waals surface area contributed by atoms with E-state index in [1.807, 2.05) is 36.4 Å². The molecule has 0 atom stereocenters. The zero-order valence-corrected chi connectivity index (χ0v) is 14.9. The molecule has 2 aromatic carbocycles. The summed E-state index contributed by atoms with van der Waals surface area (Å²) in [6, 6.07) is 18.6. The van der Waals surface area contributed by atoms with Crippen LogP contribution >= 0.6 is 0 Å².